The molecular weight excluding hydrogens is 326 g/mol. The van der Waals surface area contributed by atoms with Gasteiger partial charge >= 0.3 is 5.97 Å². The first-order valence-electron chi connectivity index (χ1n) is 7.75. The van der Waals surface area contributed by atoms with Crippen molar-refractivity contribution < 1.29 is 19.5 Å². The third-order valence-electron chi connectivity index (χ3n) is 3.61. The van der Waals surface area contributed by atoms with Gasteiger partial charge in [-0.25, -0.2) is 4.79 Å². The molecule has 0 spiro atoms. The number of rotatable bonds is 8. The van der Waals surface area contributed by atoms with Gasteiger partial charge in [0.2, 0.25) is 5.78 Å². The Balaban J connectivity index is 2.23. The van der Waals surface area contributed by atoms with Crippen LogP contribution in [-0.4, -0.2) is 28.8 Å². The van der Waals surface area contributed by atoms with Crippen LogP contribution in [0.3, 0.4) is 0 Å². The Kier molecular flexibility index (Phi) is 6.26. The second-order valence-corrected chi connectivity index (χ2v) is 6.31. The first kappa shape index (κ1) is 17.9. The van der Waals surface area contributed by atoms with Crippen LogP contribution in [-0.2, 0) is 4.79 Å². The lowest BCUT2D eigenvalue weighted by Gasteiger charge is -2.15. The lowest BCUT2D eigenvalue weighted by molar-refractivity contribution is -0.139. The zero-order valence-electron chi connectivity index (χ0n) is 13.3. The first-order valence-corrected chi connectivity index (χ1v) is 8.63. The van der Waals surface area contributed by atoms with Crippen LogP contribution in [0.15, 0.2) is 41.8 Å². The number of aliphatic carboxylic acids is 1. The fraction of sp³-hybridized carbons (Fsp3) is 0.278. The Labute approximate surface area is 144 Å². The van der Waals surface area contributed by atoms with Gasteiger partial charge < -0.3 is 10.4 Å². The minimum absolute atomic E-state index is 0.193. The van der Waals surface area contributed by atoms with E-state index in [-0.39, 0.29) is 16.9 Å². The zero-order valence-corrected chi connectivity index (χ0v) is 14.1. The molecule has 5 nitrogen and oxygen atoms in total. The van der Waals surface area contributed by atoms with Crippen LogP contribution in [0.25, 0.3) is 0 Å². The first-order chi connectivity index (χ1) is 11.5. The second kappa shape index (κ2) is 8.40. The summed E-state index contributed by atoms with van der Waals surface area (Å²) in [6.07, 6.45) is 1.90. The van der Waals surface area contributed by atoms with Crippen molar-refractivity contribution in [2.45, 2.75) is 32.2 Å². The molecule has 0 bridgehead atoms. The highest BCUT2D eigenvalue weighted by molar-refractivity contribution is 7.12. The molecule has 0 saturated carbocycles. The number of carbonyl (C=O) groups excluding carboxylic acids is 2. The fourth-order valence-corrected chi connectivity index (χ4v) is 3.00. The van der Waals surface area contributed by atoms with Gasteiger partial charge in [-0.15, -0.1) is 11.3 Å². The van der Waals surface area contributed by atoms with E-state index >= 15 is 0 Å². The van der Waals surface area contributed by atoms with Crippen LogP contribution in [0.4, 0.5) is 0 Å². The van der Waals surface area contributed by atoms with Crippen molar-refractivity contribution in [1.29, 1.82) is 0 Å². The average molecular weight is 345 g/mol. The van der Waals surface area contributed by atoms with Gasteiger partial charge in [0.1, 0.15) is 6.04 Å². The van der Waals surface area contributed by atoms with Crippen LogP contribution in [0, 0.1) is 0 Å². The highest BCUT2D eigenvalue weighted by atomic mass is 32.1. The van der Waals surface area contributed by atoms with Crippen molar-refractivity contribution >= 4 is 29.0 Å². The molecule has 2 N–H and O–H groups in total. The van der Waals surface area contributed by atoms with Gasteiger partial charge in [-0.2, -0.15) is 0 Å². The number of hydrogen-bond acceptors (Lipinski definition) is 4. The summed E-state index contributed by atoms with van der Waals surface area (Å²) >= 11 is 1.30. The number of ketones is 1. The minimum atomic E-state index is -1.07. The molecule has 1 amide bonds. The summed E-state index contributed by atoms with van der Waals surface area (Å²) in [5.41, 5.74) is 0.468. The summed E-state index contributed by atoms with van der Waals surface area (Å²) in [4.78, 5) is 36.9. The van der Waals surface area contributed by atoms with Gasteiger partial charge in [0.25, 0.3) is 5.91 Å². The lowest BCUT2D eigenvalue weighted by Crippen LogP contribution is -2.41. The maximum atomic E-state index is 12.5. The largest absolute Gasteiger partial charge is 0.480 e. The van der Waals surface area contributed by atoms with Crippen molar-refractivity contribution in [3.05, 3.63) is 57.8 Å². The Morgan fingerprint density at radius 2 is 1.83 bits per heavy atom. The van der Waals surface area contributed by atoms with E-state index in [9.17, 15) is 19.5 Å². The Morgan fingerprint density at radius 1 is 1.12 bits per heavy atom. The lowest BCUT2D eigenvalue weighted by atomic mass is 10.0. The van der Waals surface area contributed by atoms with Gasteiger partial charge in [-0.3, -0.25) is 9.59 Å². The van der Waals surface area contributed by atoms with Crippen LogP contribution in [0.1, 0.15) is 51.8 Å². The number of carboxylic acid groups (broad SMARTS) is 1. The average Bonchev–Trinajstić information content (AvgIpc) is 3.12. The molecule has 0 fully saturated rings. The Bertz CT molecular complexity index is 724. The van der Waals surface area contributed by atoms with E-state index < -0.39 is 17.9 Å². The number of amides is 1. The maximum absolute atomic E-state index is 12.5. The molecule has 0 aliphatic rings. The molecular formula is C18H19NO4S. The Hall–Kier alpha value is -2.47. The predicted octanol–water partition coefficient (Wildman–Crippen LogP) is 3.35. The quantitative estimate of drug-likeness (QED) is 0.719. The summed E-state index contributed by atoms with van der Waals surface area (Å²) in [6.45, 7) is 1.95. The SMILES string of the molecule is CCCC[C@H](NC(=O)c1ccccc1C(=O)c1cccs1)C(=O)O. The number of unbranched alkanes of at least 4 members (excludes halogenated alkanes) is 1. The third kappa shape index (κ3) is 4.29. The number of nitrogens with one attached hydrogen (secondary N) is 1. The van der Waals surface area contributed by atoms with E-state index in [1.807, 2.05) is 6.92 Å². The van der Waals surface area contributed by atoms with E-state index in [4.69, 9.17) is 0 Å². The molecule has 1 atom stereocenters. The fourth-order valence-electron chi connectivity index (χ4n) is 2.32. The molecule has 2 rings (SSSR count). The standard InChI is InChI=1S/C18H19NO4S/c1-2-3-9-14(18(22)23)19-17(21)13-8-5-4-7-12(13)16(20)15-10-6-11-24-15/h4-8,10-11,14H,2-3,9H2,1H3,(H,19,21)(H,22,23)/t14-/m0/s1. The van der Waals surface area contributed by atoms with Gasteiger partial charge in [-0.1, -0.05) is 44.0 Å². The summed E-state index contributed by atoms with van der Waals surface area (Å²) in [5.74, 6) is -1.85. The highest BCUT2D eigenvalue weighted by Gasteiger charge is 2.23. The molecule has 1 heterocycles. The van der Waals surface area contributed by atoms with Crippen molar-refractivity contribution in [1.82, 2.24) is 5.32 Å². The number of hydrogen-bond donors (Lipinski definition) is 2. The van der Waals surface area contributed by atoms with Crippen molar-refractivity contribution in [2.24, 2.45) is 0 Å². The smallest absolute Gasteiger partial charge is 0.326 e. The second-order valence-electron chi connectivity index (χ2n) is 5.36. The van der Waals surface area contributed by atoms with E-state index in [0.717, 1.165) is 6.42 Å². The van der Waals surface area contributed by atoms with E-state index in [0.29, 0.717) is 17.7 Å². The molecule has 24 heavy (non-hydrogen) atoms. The van der Waals surface area contributed by atoms with Crippen LogP contribution in [0.2, 0.25) is 0 Å². The monoisotopic (exact) mass is 345 g/mol. The zero-order chi connectivity index (χ0) is 17.5. The summed E-state index contributed by atoms with van der Waals surface area (Å²) in [7, 11) is 0. The van der Waals surface area contributed by atoms with E-state index in [1.54, 1.807) is 35.7 Å². The highest BCUT2D eigenvalue weighted by Crippen LogP contribution is 2.18. The molecule has 2 aromatic rings. The number of thiophene rings is 1. The molecule has 0 aliphatic carbocycles. The molecule has 126 valence electrons. The summed E-state index contributed by atoms with van der Waals surface area (Å²) in [6, 6.07) is 8.97. The van der Waals surface area contributed by atoms with Crippen LogP contribution < -0.4 is 5.32 Å². The molecule has 6 heteroatoms. The van der Waals surface area contributed by atoms with Gasteiger partial charge in [0.15, 0.2) is 0 Å². The normalized spacial score (nSPS) is 11.7. The molecule has 0 radical (unpaired) electrons. The number of carbonyl (C=O) groups is 3. The van der Waals surface area contributed by atoms with Crippen LogP contribution >= 0.6 is 11.3 Å². The van der Waals surface area contributed by atoms with E-state index in [1.165, 1.54) is 17.4 Å². The van der Waals surface area contributed by atoms with Crippen molar-refractivity contribution in [2.75, 3.05) is 0 Å². The molecule has 1 aromatic heterocycles. The summed E-state index contributed by atoms with van der Waals surface area (Å²) in [5, 5.41) is 13.6. The predicted molar refractivity (Wildman–Crippen MR) is 92.6 cm³/mol. The molecule has 0 aliphatic heterocycles. The van der Waals surface area contributed by atoms with Crippen molar-refractivity contribution in [3.8, 4) is 0 Å². The molecule has 1 aromatic carbocycles. The van der Waals surface area contributed by atoms with Gasteiger partial charge in [-0.05, 0) is 23.9 Å². The molecule has 0 unspecified atom stereocenters. The van der Waals surface area contributed by atoms with Gasteiger partial charge in [0.05, 0.1) is 10.4 Å². The Morgan fingerprint density at radius 3 is 2.42 bits per heavy atom. The maximum Gasteiger partial charge on any atom is 0.326 e. The van der Waals surface area contributed by atoms with Crippen LogP contribution in [0.5, 0.6) is 0 Å². The topological polar surface area (TPSA) is 83.5 Å². The minimum Gasteiger partial charge on any atom is -0.480 e. The van der Waals surface area contributed by atoms with Gasteiger partial charge in [0, 0.05) is 5.56 Å². The number of benzene rings is 1. The third-order valence-corrected chi connectivity index (χ3v) is 4.48. The van der Waals surface area contributed by atoms with E-state index in [2.05, 4.69) is 5.32 Å². The molecule has 0 saturated heterocycles. The van der Waals surface area contributed by atoms with Crippen molar-refractivity contribution in [3.63, 3.8) is 0 Å². The summed E-state index contributed by atoms with van der Waals surface area (Å²) < 4.78 is 0. The number of carboxylic acids is 1.